The fourth-order valence-corrected chi connectivity index (χ4v) is 4.03. The Hall–Kier alpha value is -4.25. The summed E-state index contributed by atoms with van der Waals surface area (Å²) < 4.78 is 15.2. The van der Waals surface area contributed by atoms with Gasteiger partial charge in [0.2, 0.25) is 0 Å². The number of rotatable bonds is 6. The molecule has 34 heavy (non-hydrogen) atoms. The number of nitrogens with one attached hydrogen (secondary N) is 1. The number of anilines is 1. The number of cyclic esters (lactones) is 2. The summed E-state index contributed by atoms with van der Waals surface area (Å²) in [5.41, 5.74) is 2.16. The van der Waals surface area contributed by atoms with Gasteiger partial charge in [0.15, 0.2) is 11.3 Å². The first kappa shape index (κ1) is 22.9. The molecule has 1 N–H and O–H groups in total. The Bertz CT molecular complexity index is 1310. The van der Waals surface area contributed by atoms with Crippen LogP contribution in [0.15, 0.2) is 59.6 Å². The maximum absolute atomic E-state index is 12.1. The molecule has 0 aliphatic carbocycles. The summed E-state index contributed by atoms with van der Waals surface area (Å²) in [7, 11) is 1.38. The first-order valence-electron chi connectivity index (χ1n) is 9.99. The van der Waals surface area contributed by atoms with Gasteiger partial charge in [-0.1, -0.05) is 12.1 Å². The number of aromatic nitrogens is 1. The van der Waals surface area contributed by atoms with E-state index in [4.69, 9.17) is 14.2 Å². The highest BCUT2D eigenvalue weighted by molar-refractivity contribution is 7.13. The van der Waals surface area contributed by atoms with E-state index >= 15 is 0 Å². The molecule has 0 saturated carbocycles. The summed E-state index contributed by atoms with van der Waals surface area (Å²) in [4.78, 5) is 39.6. The minimum Gasteiger partial charge on any atom is -0.490 e. The van der Waals surface area contributed by atoms with E-state index in [0.717, 1.165) is 5.56 Å². The number of nitro groups is 1. The summed E-state index contributed by atoms with van der Waals surface area (Å²) in [5, 5.41) is 16.7. The zero-order valence-electron chi connectivity index (χ0n) is 18.4. The molecular formula is C23H19N3O7S. The van der Waals surface area contributed by atoms with Gasteiger partial charge in [-0.25, -0.2) is 14.6 Å². The Morgan fingerprint density at radius 2 is 1.85 bits per heavy atom. The number of methoxy groups -OCH3 is 1. The lowest BCUT2D eigenvalue weighted by molar-refractivity contribution is -0.385. The maximum Gasteiger partial charge on any atom is 0.350 e. The van der Waals surface area contributed by atoms with Crippen LogP contribution in [0.4, 0.5) is 11.4 Å². The van der Waals surface area contributed by atoms with Crippen molar-refractivity contribution >= 4 is 34.7 Å². The highest BCUT2D eigenvalue weighted by Gasteiger charge is 2.38. The number of ether oxygens (including phenoxy) is 3. The molecule has 0 unspecified atom stereocenters. The summed E-state index contributed by atoms with van der Waals surface area (Å²) in [5.74, 6) is -2.68. The van der Waals surface area contributed by atoms with E-state index < -0.39 is 22.6 Å². The van der Waals surface area contributed by atoms with E-state index in [9.17, 15) is 19.7 Å². The second kappa shape index (κ2) is 8.94. The Balaban J connectivity index is 1.56. The van der Waals surface area contributed by atoms with Crippen molar-refractivity contribution in [3.8, 4) is 27.6 Å². The number of hydrogen-bond donors (Lipinski definition) is 1. The quantitative estimate of drug-likeness (QED) is 0.177. The zero-order chi connectivity index (χ0) is 24.5. The van der Waals surface area contributed by atoms with Gasteiger partial charge in [0.25, 0.3) is 5.79 Å². The Labute approximate surface area is 197 Å². The molecule has 3 aromatic rings. The lowest BCUT2D eigenvalue weighted by atomic mass is 10.1. The van der Waals surface area contributed by atoms with Crippen LogP contribution in [0.5, 0.6) is 5.75 Å². The first-order valence-corrected chi connectivity index (χ1v) is 10.9. The van der Waals surface area contributed by atoms with Gasteiger partial charge in [-0.05, 0) is 24.3 Å². The number of nitrogens with zero attached hydrogens (tertiary/aromatic N) is 2. The number of nitro benzene ring substituents is 1. The molecule has 1 aliphatic rings. The molecule has 1 aromatic heterocycles. The second-order valence-electron chi connectivity index (χ2n) is 7.64. The molecule has 4 rings (SSSR count). The molecule has 10 nitrogen and oxygen atoms in total. The molecule has 0 bridgehead atoms. The smallest absolute Gasteiger partial charge is 0.350 e. The van der Waals surface area contributed by atoms with Crippen LogP contribution in [0.3, 0.4) is 0 Å². The lowest BCUT2D eigenvalue weighted by Gasteiger charge is -2.29. The molecule has 2 aromatic carbocycles. The Morgan fingerprint density at radius 1 is 1.12 bits per heavy atom. The van der Waals surface area contributed by atoms with E-state index in [-0.39, 0.29) is 17.0 Å². The molecule has 11 heteroatoms. The molecule has 0 atom stereocenters. The number of thiazole rings is 1. The highest BCUT2D eigenvalue weighted by Crippen LogP contribution is 2.35. The normalized spacial score (nSPS) is 14.7. The van der Waals surface area contributed by atoms with Crippen LogP contribution in [0, 0.1) is 10.1 Å². The van der Waals surface area contributed by atoms with Crippen LogP contribution in [-0.4, -0.2) is 34.7 Å². The summed E-state index contributed by atoms with van der Waals surface area (Å²) in [6, 6.07) is 11.8. The fourth-order valence-electron chi connectivity index (χ4n) is 3.21. The summed E-state index contributed by atoms with van der Waals surface area (Å²) in [6.07, 6.45) is 1.24. The Kier molecular flexibility index (Phi) is 6.03. The van der Waals surface area contributed by atoms with Gasteiger partial charge in [0.1, 0.15) is 5.01 Å². The average Bonchev–Trinajstić information content (AvgIpc) is 3.28. The van der Waals surface area contributed by atoms with Crippen LogP contribution >= 0.6 is 11.3 Å². The molecule has 0 amide bonds. The monoisotopic (exact) mass is 481 g/mol. The Morgan fingerprint density at radius 3 is 2.53 bits per heavy atom. The third kappa shape index (κ3) is 4.74. The predicted octanol–water partition coefficient (Wildman–Crippen LogP) is 4.53. The first-order chi connectivity index (χ1) is 16.2. The standard InChI is InChI=1S/C23H19N3O7S/c1-23(2)32-21(27)16(22(28)33-23)11-24-15-6-4-5-14(9-15)20-25-17(12-34-20)13-7-8-19(31-3)18(10-13)26(29)30/h4-12,24H,1-3H3. The van der Waals surface area contributed by atoms with Crippen molar-refractivity contribution in [3.63, 3.8) is 0 Å². The van der Waals surface area contributed by atoms with E-state index in [2.05, 4.69) is 10.3 Å². The average molecular weight is 481 g/mol. The predicted molar refractivity (Wildman–Crippen MR) is 124 cm³/mol. The number of benzene rings is 2. The van der Waals surface area contributed by atoms with Crippen LogP contribution < -0.4 is 10.1 Å². The van der Waals surface area contributed by atoms with Gasteiger partial charge >= 0.3 is 17.6 Å². The number of hydrogen-bond acceptors (Lipinski definition) is 10. The van der Waals surface area contributed by atoms with E-state index in [1.807, 2.05) is 6.07 Å². The van der Waals surface area contributed by atoms with E-state index in [1.54, 1.807) is 29.6 Å². The van der Waals surface area contributed by atoms with Crippen LogP contribution in [0.1, 0.15) is 13.8 Å². The van der Waals surface area contributed by atoms with Crippen molar-refractivity contribution in [2.75, 3.05) is 12.4 Å². The molecule has 2 heterocycles. The van der Waals surface area contributed by atoms with Crippen LogP contribution in [0.2, 0.25) is 0 Å². The third-order valence-electron chi connectivity index (χ3n) is 4.78. The van der Waals surface area contributed by atoms with Crippen LogP contribution in [0.25, 0.3) is 21.8 Å². The molecule has 1 fully saturated rings. The molecule has 1 saturated heterocycles. The van der Waals surface area contributed by atoms with Gasteiger partial charge in [0.05, 0.1) is 17.7 Å². The molecule has 174 valence electrons. The van der Waals surface area contributed by atoms with Crippen molar-refractivity contribution in [1.29, 1.82) is 0 Å². The van der Waals surface area contributed by atoms with Crippen molar-refractivity contribution < 1.29 is 28.7 Å². The molecule has 0 spiro atoms. The summed E-state index contributed by atoms with van der Waals surface area (Å²) in [6.45, 7) is 2.95. The third-order valence-corrected chi connectivity index (χ3v) is 5.68. The minimum absolute atomic E-state index is 0.142. The molecule has 1 aliphatic heterocycles. The van der Waals surface area contributed by atoms with Gasteiger partial charge in [-0.2, -0.15) is 0 Å². The summed E-state index contributed by atoms with van der Waals surface area (Å²) >= 11 is 1.37. The van der Waals surface area contributed by atoms with Crippen molar-refractivity contribution in [3.05, 3.63) is 69.7 Å². The SMILES string of the molecule is COc1ccc(-c2csc(-c3cccc(NC=C4C(=O)OC(C)(C)OC4=O)c3)n2)cc1[N+](=O)[O-]. The number of carbonyl (C=O) groups excluding carboxylic acids is 2. The van der Waals surface area contributed by atoms with Crippen molar-refractivity contribution in [2.45, 2.75) is 19.6 Å². The van der Waals surface area contributed by atoms with Gasteiger partial charge in [0, 0.05) is 48.3 Å². The van der Waals surface area contributed by atoms with Crippen LogP contribution in [-0.2, 0) is 19.1 Å². The van der Waals surface area contributed by atoms with Crippen molar-refractivity contribution in [1.82, 2.24) is 4.98 Å². The lowest BCUT2D eigenvalue weighted by Crippen LogP contribution is -2.42. The largest absolute Gasteiger partial charge is 0.490 e. The van der Waals surface area contributed by atoms with E-state index in [0.29, 0.717) is 22.0 Å². The maximum atomic E-state index is 12.1. The van der Waals surface area contributed by atoms with Gasteiger partial charge in [-0.3, -0.25) is 10.1 Å². The fraction of sp³-hybridized carbons (Fsp3) is 0.174. The minimum atomic E-state index is -1.31. The zero-order valence-corrected chi connectivity index (χ0v) is 19.2. The number of carbonyl (C=O) groups is 2. The number of esters is 2. The van der Waals surface area contributed by atoms with E-state index in [1.165, 1.54) is 50.6 Å². The van der Waals surface area contributed by atoms with Gasteiger partial charge < -0.3 is 19.5 Å². The molecular weight excluding hydrogens is 462 g/mol. The van der Waals surface area contributed by atoms with Gasteiger partial charge in [-0.15, -0.1) is 11.3 Å². The second-order valence-corrected chi connectivity index (χ2v) is 8.50. The topological polar surface area (TPSA) is 130 Å². The highest BCUT2D eigenvalue weighted by atomic mass is 32.1. The van der Waals surface area contributed by atoms with Crippen molar-refractivity contribution in [2.24, 2.45) is 0 Å². The molecule has 0 radical (unpaired) electrons.